The number of imidazole rings is 1. The summed E-state index contributed by atoms with van der Waals surface area (Å²) < 4.78 is 8.32. The van der Waals surface area contributed by atoms with E-state index in [4.69, 9.17) is 4.42 Å². The van der Waals surface area contributed by atoms with Crippen LogP contribution in [0.15, 0.2) is 41.2 Å². The molecule has 1 atom stereocenters. The van der Waals surface area contributed by atoms with Gasteiger partial charge in [0, 0.05) is 37.6 Å². The zero-order valence-corrected chi connectivity index (χ0v) is 14.0. The van der Waals surface area contributed by atoms with E-state index < -0.39 is 0 Å². The van der Waals surface area contributed by atoms with Crippen molar-refractivity contribution >= 4 is 0 Å². The Morgan fingerprint density at radius 1 is 1.29 bits per heavy atom. The molecule has 6 nitrogen and oxygen atoms in total. The number of rotatable bonds is 5. The number of furan rings is 1. The Labute approximate surface area is 141 Å². The van der Waals surface area contributed by atoms with Crippen molar-refractivity contribution in [2.24, 2.45) is 0 Å². The van der Waals surface area contributed by atoms with Crippen LogP contribution in [0.5, 0.6) is 0 Å². The molecule has 1 saturated heterocycles. The number of nitrogens with one attached hydrogen (secondary N) is 1. The van der Waals surface area contributed by atoms with Crippen LogP contribution in [0.1, 0.15) is 37.4 Å². The molecule has 3 aromatic rings. The number of aromatic amines is 1. The monoisotopic (exact) mass is 325 g/mol. The molecule has 6 heteroatoms. The Morgan fingerprint density at radius 3 is 3.08 bits per heavy atom. The summed E-state index contributed by atoms with van der Waals surface area (Å²) in [6.07, 6.45) is 9.19. The van der Waals surface area contributed by atoms with Crippen LogP contribution in [0.2, 0.25) is 0 Å². The van der Waals surface area contributed by atoms with Crippen LogP contribution in [-0.4, -0.2) is 37.7 Å². The van der Waals surface area contributed by atoms with Gasteiger partial charge in [0.05, 0.1) is 6.54 Å². The van der Waals surface area contributed by atoms with Gasteiger partial charge in [-0.2, -0.15) is 5.10 Å². The molecular formula is C18H23N5O. The van der Waals surface area contributed by atoms with Crippen LogP contribution in [-0.2, 0) is 13.0 Å². The van der Waals surface area contributed by atoms with Gasteiger partial charge in [-0.1, -0.05) is 6.92 Å². The molecule has 0 unspecified atom stereocenters. The van der Waals surface area contributed by atoms with Crippen molar-refractivity contribution in [1.29, 1.82) is 0 Å². The topological polar surface area (TPSA) is 62.9 Å². The van der Waals surface area contributed by atoms with Crippen LogP contribution in [0.4, 0.5) is 0 Å². The normalized spacial score (nSPS) is 19.0. The minimum Gasteiger partial charge on any atom is -0.458 e. The first-order valence-corrected chi connectivity index (χ1v) is 8.66. The van der Waals surface area contributed by atoms with Gasteiger partial charge in [0.2, 0.25) is 0 Å². The number of hydrogen-bond donors (Lipinski definition) is 1. The smallest absolute Gasteiger partial charge is 0.152 e. The number of aryl methyl sites for hydroxylation is 1. The highest BCUT2D eigenvalue weighted by Crippen LogP contribution is 2.26. The molecular weight excluding hydrogens is 302 g/mol. The zero-order valence-electron chi connectivity index (χ0n) is 14.0. The highest BCUT2D eigenvalue weighted by Gasteiger charge is 2.23. The Hall–Kier alpha value is -2.34. The first kappa shape index (κ1) is 15.2. The van der Waals surface area contributed by atoms with E-state index >= 15 is 0 Å². The SMILES string of the molecule is CCc1nccn1[C@@H]1CCCN(Cc2ccc(-c3ccn[nH]3)o2)C1. The third kappa shape index (κ3) is 3.01. The molecule has 126 valence electrons. The second-order valence-electron chi connectivity index (χ2n) is 6.37. The minimum absolute atomic E-state index is 0.512. The number of likely N-dealkylation sites (tertiary alicyclic amines) is 1. The Morgan fingerprint density at radius 2 is 2.25 bits per heavy atom. The second-order valence-corrected chi connectivity index (χ2v) is 6.37. The third-order valence-electron chi connectivity index (χ3n) is 4.75. The molecule has 1 aliphatic rings. The molecule has 1 aliphatic heterocycles. The summed E-state index contributed by atoms with van der Waals surface area (Å²) in [5, 5.41) is 6.92. The summed E-state index contributed by atoms with van der Waals surface area (Å²) in [5.74, 6) is 3.03. The molecule has 24 heavy (non-hydrogen) atoms. The van der Waals surface area contributed by atoms with Gasteiger partial charge in [-0.05, 0) is 37.6 Å². The van der Waals surface area contributed by atoms with E-state index in [1.807, 2.05) is 18.3 Å². The maximum Gasteiger partial charge on any atom is 0.152 e. The Bertz CT molecular complexity index is 773. The van der Waals surface area contributed by atoms with Crippen LogP contribution in [0, 0.1) is 0 Å². The van der Waals surface area contributed by atoms with E-state index in [9.17, 15) is 0 Å². The lowest BCUT2D eigenvalue weighted by atomic mass is 10.1. The second kappa shape index (κ2) is 6.65. The summed E-state index contributed by atoms with van der Waals surface area (Å²) in [6.45, 7) is 5.18. The molecule has 0 bridgehead atoms. The summed E-state index contributed by atoms with van der Waals surface area (Å²) in [5.41, 5.74) is 0.920. The van der Waals surface area contributed by atoms with Crippen molar-refractivity contribution in [2.75, 3.05) is 13.1 Å². The summed E-state index contributed by atoms with van der Waals surface area (Å²) in [7, 11) is 0. The van der Waals surface area contributed by atoms with Crippen molar-refractivity contribution in [3.8, 4) is 11.5 Å². The van der Waals surface area contributed by atoms with Crippen LogP contribution in [0.3, 0.4) is 0 Å². The zero-order chi connectivity index (χ0) is 16.4. The molecule has 0 saturated carbocycles. The van der Waals surface area contributed by atoms with Crippen molar-refractivity contribution in [3.63, 3.8) is 0 Å². The van der Waals surface area contributed by atoms with Gasteiger partial charge >= 0.3 is 0 Å². The molecule has 0 aliphatic carbocycles. The van der Waals surface area contributed by atoms with Gasteiger partial charge in [-0.3, -0.25) is 10.00 Å². The lowest BCUT2D eigenvalue weighted by molar-refractivity contribution is 0.158. The van der Waals surface area contributed by atoms with E-state index in [1.54, 1.807) is 6.20 Å². The summed E-state index contributed by atoms with van der Waals surface area (Å²) in [6, 6.07) is 6.51. The predicted octanol–water partition coefficient (Wildman–Crippen LogP) is 3.27. The fourth-order valence-corrected chi connectivity index (χ4v) is 3.57. The van der Waals surface area contributed by atoms with Crippen molar-refractivity contribution in [2.45, 2.75) is 38.8 Å². The molecule has 3 aromatic heterocycles. The third-order valence-corrected chi connectivity index (χ3v) is 4.75. The number of hydrogen-bond acceptors (Lipinski definition) is 4. The van der Waals surface area contributed by atoms with Gasteiger partial charge in [0.15, 0.2) is 5.76 Å². The average Bonchev–Trinajstić information content (AvgIpc) is 3.35. The molecule has 0 amide bonds. The van der Waals surface area contributed by atoms with E-state index in [0.29, 0.717) is 6.04 Å². The summed E-state index contributed by atoms with van der Waals surface area (Å²) in [4.78, 5) is 6.94. The molecule has 0 aromatic carbocycles. The Kier molecular flexibility index (Phi) is 4.21. The van der Waals surface area contributed by atoms with Crippen molar-refractivity contribution < 1.29 is 4.42 Å². The average molecular weight is 325 g/mol. The molecule has 4 heterocycles. The number of H-pyrrole nitrogens is 1. The lowest BCUT2D eigenvalue weighted by Gasteiger charge is -2.33. The van der Waals surface area contributed by atoms with Crippen LogP contribution < -0.4 is 0 Å². The molecule has 4 rings (SSSR count). The first-order valence-electron chi connectivity index (χ1n) is 8.66. The lowest BCUT2D eigenvalue weighted by Crippen LogP contribution is -2.36. The molecule has 0 radical (unpaired) electrons. The number of piperidine rings is 1. The highest BCUT2D eigenvalue weighted by atomic mass is 16.3. The highest BCUT2D eigenvalue weighted by molar-refractivity contribution is 5.51. The van der Waals surface area contributed by atoms with Crippen molar-refractivity contribution in [3.05, 3.63) is 48.4 Å². The minimum atomic E-state index is 0.512. The molecule has 1 fully saturated rings. The van der Waals surface area contributed by atoms with Crippen LogP contribution >= 0.6 is 0 Å². The number of aromatic nitrogens is 4. The molecule has 0 spiro atoms. The van der Waals surface area contributed by atoms with E-state index in [-0.39, 0.29) is 0 Å². The molecule has 1 N–H and O–H groups in total. The van der Waals surface area contributed by atoms with Gasteiger partial charge in [-0.15, -0.1) is 0 Å². The standard InChI is InChI=1S/C18H23N5O/c1-2-18-19-9-11-23(18)14-4-3-10-22(12-14)13-15-5-6-17(24-15)16-7-8-20-21-16/h5-9,11,14H,2-4,10,12-13H2,1H3,(H,20,21)/t14-/m1/s1. The van der Waals surface area contributed by atoms with E-state index in [1.165, 1.54) is 18.7 Å². The van der Waals surface area contributed by atoms with Crippen molar-refractivity contribution in [1.82, 2.24) is 24.6 Å². The Balaban J connectivity index is 1.43. The largest absolute Gasteiger partial charge is 0.458 e. The number of nitrogens with zero attached hydrogens (tertiary/aromatic N) is 4. The van der Waals surface area contributed by atoms with Gasteiger partial charge in [-0.25, -0.2) is 4.98 Å². The predicted molar refractivity (Wildman–Crippen MR) is 91.4 cm³/mol. The maximum atomic E-state index is 5.97. The quantitative estimate of drug-likeness (QED) is 0.782. The summed E-state index contributed by atoms with van der Waals surface area (Å²) >= 11 is 0. The van der Waals surface area contributed by atoms with E-state index in [0.717, 1.165) is 43.3 Å². The fraction of sp³-hybridized carbons (Fsp3) is 0.444. The van der Waals surface area contributed by atoms with Crippen LogP contribution in [0.25, 0.3) is 11.5 Å². The van der Waals surface area contributed by atoms with E-state index in [2.05, 4.69) is 43.8 Å². The maximum absolute atomic E-state index is 5.97. The van der Waals surface area contributed by atoms with Gasteiger partial charge < -0.3 is 8.98 Å². The first-order chi connectivity index (χ1) is 11.8. The van der Waals surface area contributed by atoms with Gasteiger partial charge in [0.1, 0.15) is 17.3 Å². The fourth-order valence-electron chi connectivity index (χ4n) is 3.57. The van der Waals surface area contributed by atoms with Gasteiger partial charge in [0.25, 0.3) is 0 Å².